The van der Waals surface area contributed by atoms with Crippen molar-refractivity contribution in [2.75, 3.05) is 0 Å². The second-order valence-electron chi connectivity index (χ2n) is 6.84. The van der Waals surface area contributed by atoms with Gasteiger partial charge in [-0.05, 0) is 44.1 Å². The number of aliphatic carboxylic acids is 1. The quantitative estimate of drug-likeness (QED) is 0.368. The first kappa shape index (κ1) is 20.9. The molecule has 138 valence electrons. The third kappa shape index (κ3) is 8.65. The fraction of sp³-hybridized carbons (Fsp3) is 0.750. The molecule has 0 aromatic carbocycles. The lowest BCUT2D eigenvalue weighted by atomic mass is 9.98. The second kappa shape index (κ2) is 12.3. The highest BCUT2D eigenvalue weighted by atomic mass is 16.4. The Hall–Kier alpha value is -1.13. The molecular formula is C20H34O4. The number of unbranched alkanes of at least 4 members (excludes halogenated alkanes) is 5. The normalized spacial score (nSPS) is 24.0. The van der Waals surface area contributed by atoms with Crippen LogP contribution in [0.3, 0.4) is 0 Å². The number of rotatable bonds is 12. The van der Waals surface area contributed by atoms with Crippen LogP contribution in [0.1, 0.15) is 77.6 Å². The molecule has 1 aliphatic carbocycles. The van der Waals surface area contributed by atoms with Crippen molar-refractivity contribution in [3.8, 4) is 0 Å². The molecule has 0 saturated heterocycles. The molecule has 24 heavy (non-hydrogen) atoms. The molecule has 0 aliphatic heterocycles. The molecule has 0 bridgehead atoms. The molecule has 0 radical (unpaired) electrons. The standard InChI is InChI=1S/C20H34O4/c1-2-3-6-9-17(21)14-12-16-13-15-19(22)18(16)10-7-4-5-8-11-20(23)24/h10,12,14,16-17,19,21-22H,2-9,11,13,15H2,1H3,(H,23,24)/t16-,17?,19-/m0/s1. The van der Waals surface area contributed by atoms with Gasteiger partial charge in [-0.25, -0.2) is 0 Å². The van der Waals surface area contributed by atoms with E-state index in [0.29, 0.717) is 6.42 Å². The number of carbonyl (C=O) groups is 1. The predicted molar refractivity (Wildman–Crippen MR) is 96.8 cm³/mol. The van der Waals surface area contributed by atoms with Gasteiger partial charge < -0.3 is 15.3 Å². The number of hydrogen-bond acceptors (Lipinski definition) is 3. The van der Waals surface area contributed by atoms with Crippen LogP contribution in [0, 0.1) is 5.92 Å². The summed E-state index contributed by atoms with van der Waals surface area (Å²) in [6.07, 6.45) is 14.9. The van der Waals surface area contributed by atoms with Gasteiger partial charge in [-0.2, -0.15) is 0 Å². The van der Waals surface area contributed by atoms with Gasteiger partial charge in [0.1, 0.15) is 0 Å². The third-order valence-electron chi connectivity index (χ3n) is 4.71. The Morgan fingerprint density at radius 1 is 1.21 bits per heavy atom. The van der Waals surface area contributed by atoms with E-state index in [1.165, 1.54) is 0 Å². The summed E-state index contributed by atoms with van der Waals surface area (Å²) in [5, 5.41) is 28.7. The smallest absolute Gasteiger partial charge is 0.303 e. The summed E-state index contributed by atoms with van der Waals surface area (Å²) in [6.45, 7) is 2.15. The fourth-order valence-electron chi connectivity index (χ4n) is 3.24. The molecule has 4 heteroatoms. The van der Waals surface area contributed by atoms with E-state index in [0.717, 1.165) is 63.4 Å². The Balaban J connectivity index is 2.37. The first-order valence-electron chi connectivity index (χ1n) is 9.50. The van der Waals surface area contributed by atoms with Gasteiger partial charge in [0.2, 0.25) is 0 Å². The van der Waals surface area contributed by atoms with E-state index in [9.17, 15) is 15.0 Å². The number of allylic oxidation sites excluding steroid dienone is 2. The zero-order valence-corrected chi connectivity index (χ0v) is 15.0. The van der Waals surface area contributed by atoms with Gasteiger partial charge in [0.05, 0.1) is 12.2 Å². The summed E-state index contributed by atoms with van der Waals surface area (Å²) < 4.78 is 0. The number of carboxylic acid groups (broad SMARTS) is 1. The van der Waals surface area contributed by atoms with Gasteiger partial charge in [-0.1, -0.05) is 50.8 Å². The maximum Gasteiger partial charge on any atom is 0.303 e. The molecule has 3 N–H and O–H groups in total. The van der Waals surface area contributed by atoms with Gasteiger partial charge in [0, 0.05) is 12.3 Å². The number of hydrogen-bond donors (Lipinski definition) is 3. The zero-order valence-electron chi connectivity index (χ0n) is 15.0. The van der Waals surface area contributed by atoms with Crippen molar-refractivity contribution in [3.63, 3.8) is 0 Å². The minimum Gasteiger partial charge on any atom is -0.481 e. The summed E-state index contributed by atoms with van der Waals surface area (Å²) in [4.78, 5) is 10.5. The summed E-state index contributed by atoms with van der Waals surface area (Å²) in [5.74, 6) is -0.498. The van der Waals surface area contributed by atoms with Crippen LogP contribution in [0.2, 0.25) is 0 Å². The van der Waals surface area contributed by atoms with Crippen LogP contribution in [0.25, 0.3) is 0 Å². The van der Waals surface area contributed by atoms with E-state index in [-0.39, 0.29) is 24.5 Å². The van der Waals surface area contributed by atoms with E-state index < -0.39 is 5.97 Å². The maximum absolute atomic E-state index is 10.5. The molecule has 1 unspecified atom stereocenters. The molecule has 0 heterocycles. The summed E-state index contributed by atoms with van der Waals surface area (Å²) in [6, 6.07) is 0. The minimum atomic E-state index is -0.734. The van der Waals surface area contributed by atoms with Crippen LogP contribution in [0.15, 0.2) is 23.8 Å². The highest BCUT2D eigenvalue weighted by molar-refractivity contribution is 5.66. The van der Waals surface area contributed by atoms with Crippen molar-refractivity contribution in [1.29, 1.82) is 0 Å². The molecule has 0 aromatic heterocycles. The Morgan fingerprint density at radius 3 is 2.71 bits per heavy atom. The maximum atomic E-state index is 10.5. The Kier molecular flexibility index (Phi) is 10.7. The van der Waals surface area contributed by atoms with Gasteiger partial charge in [-0.3, -0.25) is 4.79 Å². The fourth-order valence-corrected chi connectivity index (χ4v) is 3.24. The average Bonchev–Trinajstić information content (AvgIpc) is 2.89. The van der Waals surface area contributed by atoms with Gasteiger partial charge >= 0.3 is 5.97 Å². The number of carboxylic acids is 1. The molecule has 1 saturated carbocycles. The molecule has 1 rings (SSSR count). The topological polar surface area (TPSA) is 77.8 Å². The van der Waals surface area contributed by atoms with E-state index in [2.05, 4.69) is 19.1 Å². The highest BCUT2D eigenvalue weighted by Gasteiger charge is 2.26. The molecule has 0 amide bonds. The van der Waals surface area contributed by atoms with Crippen LogP contribution < -0.4 is 0 Å². The lowest BCUT2D eigenvalue weighted by Gasteiger charge is -2.11. The van der Waals surface area contributed by atoms with E-state index in [1.807, 2.05) is 6.08 Å². The Labute approximate surface area is 146 Å². The van der Waals surface area contributed by atoms with Gasteiger partial charge in [0.25, 0.3) is 0 Å². The van der Waals surface area contributed by atoms with Crippen molar-refractivity contribution in [1.82, 2.24) is 0 Å². The summed E-state index contributed by atoms with van der Waals surface area (Å²) >= 11 is 0. The van der Waals surface area contributed by atoms with E-state index >= 15 is 0 Å². The van der Waals surface area contributed by atoms with Crippen LogP contribution in [0.4, 0.5) is 0 Å². The van der Waals surface area contributed by atoms with E-state index in [1.54, 1.807) is 0 Å². The van der Waals surface area contributed by atoms with Crippen molar-refractivity contribution in [2.24, 2.45) is 5.92 Å². The van der Waals surface area contributed by atoms with Crippen molar-refractivity contribution >= 4 is 5.97 Å². The minimum absolute atomic E-state index is 0.236. The van der Waals surface area contributed by atoms with Gasteiger partial charge in [0.15, 0.2) is 0 Å². The first-order chi connectivity index (χ1) is 11.5. The largest absolute Gasteiger partial charge is 0.481 e. The Bertz CT molecular complexity index is 414. The lowest BCUT2D eigenvalue weighted by Crippen LogP contribution is -2.07. The SMILES string of the molecule is CCCCCC(O)C=C[C@H]1CC[C@H](O)C1=CCCCCCC(=O)O. The van der Waals surface area contributed by atoms with Crippen molar-refractivity contribution in [3.05, 3.63) is 23.8 Å². The molecular weight excluding hydrogens is 304 g/mol. The van der Waals surface area contributed by atoms with Crippen LogP contribution in [0.5, 0.6) is 0 Å². The molecule has 1 fully saturated rings. The van der Waals surface area contributed by atoms with Crippen LogP contribution in [-0.2, 0) is 4.79 Å². The molecule has 0 spiro atoms. The predicted octanol–water partition coefficient (Wildman–Crippen LogP) is 4.22. The monoisotopic (exact) mass is 338 g/mol. The number of aliphatic hydroxyl groups is 2. The highest BCUT2D eigenvalue weighted by Crippen LogP contribution is 2.33. The second-order valence-corrected chi connectivity index (χ2v) is 6.84. The Morgan fingerprint density at radius 2 is 2.00 bits per heavy atom. The molecule has 4 nitrogen and oxygen atoms in total. The van der Waals surface area contributed by atoms with E-state index in [4.69, 9.17) is 5.11 Å². The first-order valence-corrected chi connectivity index (χ1v) is 9.50. The summed E-state index contributed by atoms with van der Waals surface area (Å²) in [5.41, 5.74) is 1.07. The van der Waals surface area contributed by atoms with Crippen molar-refractivity contribution < 1.29 is 20.1 Å². The molecule has 3 atom stereocenters. The number of aliphatic hydroxyl groups excluding tert-OH is 2. The summed E-state index contributed by atoms with van der Waals surface area (Å²) in [7, 11) is 0. The molecule has 0 aromatic rings. The average molecular weight is 338 g/mol. The third-order valence-corrected chi connectivity index (χ3v) is 4.71. The van der Waals surface area contributed by atoms with Gasteiger partial charge in [-0.15, -0.1) is 0 Å². The van der Waals surface area contributed by atoms with Crippen LogP contribution in [-0.4, -0.2) is 33.5 Å². The van der Waals surface area contributed by atoms with Crippen molar-refractivity contribution in [2.45, 2.75) is 89.8 Å². The zero-order chi connectivity index (χ0) is 17.8. The van der Waals surface area contributed by atoms with Crippen LogP contribution >= 0.6 is 0 Å². The molecule has 1 aliphatic rings. The lowest BCUT2D eigenvalue weighted by molar-refractivity contribution is -0.137.